The van der Waals surface area contributed by atoms with Crippen LogP contribution in [0.25, 0.3) is 0 Å². The second-order valence-corrected chi connectivity index (χ2v) is 5.83. The first-order chi connectivity index (χ1) is 11.7. The van der Waals surface area contributed by atoms with E-state index in [1.807, 2.05) is 55.5 Å². The summed E-state index contributed by atoms with van der Waals surface area (Å²) in [5.74, 6) is 1.97. The van der Waals surface area contributed by atoms with Crippen LogP contribution in [0.1, 0.15) is 23.6 Å². The Morgan fingerprint density at radius 1 is 1.12 bits per heavy atom. The van der Waals surface area contributed by atoms with E-state index in [9.17, 15) is 4.79 Å². The minimum absolute atomic E-state index is 0. The summed E-state index contributed by atoms with van der Waals surface area (Å²) in [5, 5.41) is 3.26. The fraction of sp³-hybridized carbons (Fsp3) is 0.300. The van der Waals surface area contributed by atoms with E-state index in [-0.39, 0.29) is 18.2 Å². The molecule has 0 fully saturated rings. The number of benzene rings is 2. The molecule has 0 atom stereocenters. The highest BCUT2D eigenvalue weighted by Crippen LogP contribution is 2.14. The van der Waals surface area contributed by atoms with Gasteiger partial charge in [0.15, 0.2) is 0 Å². The summed E-state index contributed by atoms with van der Waals surface area (Å²) < 4.78 is 5.42. The molecule has 0 aromatic heterocycles. The molecule has 132 valence electrons. The van der Waals surface area contributed by atoms with Crippen molar-refractivity contribution in [3.63, 3.8) is 0 Å². The zero-order valence-corrected chi connectivity index (χ0v) is 15.1. The maximum atomic E-state index is 12.3. The van der Waals surface area contributed by atoms with Gasteiger partial charge in [0.1, 0.15) is 17.4 Å². The van der Waals surface area contributed by atoms with Crippen molar-refractivity contribution in [2.75, 3.05) is 19.7 Å². The first-order valence-corrected chi connectivity index (χ1v) is 8.35. The third-order valence-corrected chi connectivity index (χ3v) is 3.91. The Bertz CT molecular complexity index is 742. The molecule has 25 heavy (non-hydrogen) atoms. The Labute approximate surface area is 154 Å². The summed E-state index contributed by atoms with van der Waals surface area (Å²) in [6.45, 7) is 4.31. The number of hydrogen-bond acceptors (Lipinski definition) is 4. The number of ether oxygens (including phenoxy) is 1. The topological polar surface area (TPSA) is 50.7 Å². The molecule has 3 rings (SSSR count). The Balaban J connectivity index is 0.00000225. The van der Waals surface area contributed by atoms with Crippen molar-refractivity contribution in [3.05, 3.63) is 65.2 Å². The van der Waals surface area contributed by atoms with Crippen molar-refractivity contribution in [2.45, 2.75) is 19.8 Å². The van der Waals surface area contributed by atoms with Gasteiger partial charge in [-0.1, -0.05) is 30.3 Å². The Kier molecular flexibility index (Phi) is 7.02. The maximum absolute atomic E-state index is 12.3. The smallest absolute Gasteiger partial charge is 0.141 e. The Morgan fingerprint density at radius 3 is 2.56 bits per heavy atom. The van der Waals surface area contributed by atoms with Crippen LogP contribution in [0.4, 0.5) is 0 Å². The number of nitrogens with one attached hydrogen (secondary N) is 1. The molecule has 1 aliphatic heterocycles. The number of Topliss-reactive ketones (excluding diaryl/α,β-unsaturated/α-hetero) is 1. The van der Waals surface area contributed by atoms with Gasteiger partial charge in [-0.15, -0.1) is 12.4 Å². The number of hydrogen-bond donors (Lipinski definition) is 1. The maximum Gasteiger partial charge on any atom is 0.141 e. The molecule has 0 saturated carbocycles. The van der Waals surface area contributed by atoms with Crippen LogP contribution in [0.3, 0.4) is 0 Å². The second-order valence-electron chi connectivity index (χ2n) is 5.83. The molecule has 0 saturated heterocycles. The van der Waals surface area contributed by atoms with E-state index in [0.717, 1.165) is 41.4 Å². The summed E-state index contributed by atoms with van der Waals surface area (Å²) in [7, 11) is 0. The van der Waals surface area contributed by atoms with E-state index in [1.165, 1.54) is 0 Å². The predicted molar refractivity (Wildman–Crippen MR) is 103 cm³/mol. The first-order valence-electron chi connectivity index (χ1n) is 8.35. The van der Waals surface area contributed by atoms with Gasteiger partial charge in [-0.2, -0.15) is 0 Å². The minimum Gasteiger partial charge on any atom is -0.494 e. The summed E-state index contributed by atoms with van der Waals surface area (Å²) in [4.78, 5) is 16.8. The zero-order valence-electron chi connectivity index (χ0n) is 14.3. The van der Waals surface area contributed by atoms with E-state index in [1.54, 1.807) is 0 Å². The molecule has 0 unspecified atom stereocenters. The molecular formula is C20H23ClN2O2. The number of halogens is 1. The van der Waals surface area contributed by atoms with Gasteiger partial charge in [-0.05, 0) is 36.2 Å². The summed E-state index contributed by atoms with van der Waals surface area (Å²) in [5.41, 5.74) is 3.10. The van der Waals surface area contributed by atoms with E-state index in [4.69, 9.17) is 4.74 Å². The average molecular weight is 359 g/mol. The number of ketones is 1. The van der Waals surface area contributed by atoms with E-state index < -0.39 is 0 Å². The van der Waals surface area contributed by atoms with E-state index in [2.05, 4.69) is 10.3 Å². The number of carbonyl (C=O) groups is 1. The van der Waals surface area contributed by atoms with Crippen LogP contribution in [0, 0.1) is 0 Å². The Morgan fingerprint density at radius 2 is 1.88 bits per heavy atom. The van der Waals surface area contributed by atoms with Gasteiger partial charge >= 0.3 is 0 Å². The number of carbonyl (C=O) groups excluding carboxylic acids is 1. The van der Waals surface area contributed by atoms with Crippen molar-refractivity contribution >= 4 is 24.0 Å². The number of amidine groups is 1. The van der Waals surface area contributed by atoms with E-state index in [0.29, 0.717) is 19.4 Å². The van der Waals surface area contributed by atoms with Gasteiger partial charge in [0.05, 0.1) is 13.2 Å². The molecule has 0 spiro atoms. The summed E-state index contributed by atoms with van der Waals surface area (Å²) in [6.07, 6.45) is 0.879. The van der Waals surface area contributed by atoms with Gasteiger partial charge in [0.2, 0.25) is 0 Å². The third-order valence-electron chi connectivity index (χ3n) is 3.91. The van der Waals surface area contributed by atoms with Gasteiger partial charge in [-0.25, -0.2) is 0 Å². The summed E-state index contributed by atoms with van der Waals surface area (Å²) >= 11 is 0. The molecule has 2 aromatic carbocycles. The van der Waals surface area contributed by atoms with Crippen LogP contribution >= 0.6 is 12.4 Å². The van der Waals surface area contributed by atoms with Crippen molar-refractivity contribution in [2.24, 2.45) is 4.99 Å². The van der Waals surface area contributed by atoms with Crippen LogP contribution in [-0.4, -0.2) is 31.3 Å². The highest BCUT2D eigenvalue weighted by molar-refractivity contribution is 6.00. The van der Waals surface area contributed by atoms with Crippen molar-refractivity contribution < 1.29 is 9.53 Å². The quantitative estimate of drug-likeness (QED) is 0.826. The second kappa shape index (κ2) is 9.23. The van der Waals surface area contributed by atoms with Crippen LogP contribution in [0.2, 0.25) is 0 Å². The lowest BCUT2D eigenvalue weighted by molar-refractivity contribution is -0.117. The molecule has 0 aliphatic carbocycles. The molecule has 2 aromatic rings. The monoisotopic (exact) mass is 358 g/mol. The SMILES string of the molecule is CCOc1ccc(CC(=O)Cc2cccc(C3=NCCN3)c2)cc1.Cl. The van der Waals surface area contributed by atoms with Crippen LogP contribution in [-0.2, 0) is 17.6 Å². The van der Waals surface area contributed by atoms with Crippen LogP contribution in [0.5, 0.6) is 5.75 Å². The van der Waals surface area contributed by atoms with Gasteiger partial charge in [0.25, 0.3) is 0 Å². The Hall–Kier alpha value is -2.33. The van der Waals surface area contributed by atoms with Crippen LogP contribution < -0.4 is 10.1 Å². The standard InChI is InChI=1S/C20H22N2O2.ClH/c1-2-24-19-8-6-15(7-9-19)13-18(23)14-16-4-3-5-17(12-16)20-21-10-11-22-20;/h3-9,12H,2,10-11,13-14H2,1H3,(H,21,22);1H. The van der Waals surface area contributed by atoms with Crippen molar-refractivity contribution in [3.8, 4) is 5.75 Å². The highest BCUT2D eigenvalue weighted by Gasteiger charge is 2.10. The fourth-order valence-corrected chi connectivity index (χ4v) is 2.81. The molecular weight excluding hydrogens is 336 g/mol. The lowest BCUT2D eigenvalue weighted by Crippen LogP contribution is -2.19. The zero-order chi connectivity index (χ0) is 16.8. The predicted octanol–water partition coefficient (Wildman–Crippen LogP) is 3.21. The first kappa shape index (κ1) is 19.0. The fourth-order valence-electron chi connectivity index (χ4n) is 2.81. The van der Waals surface area contributed by atoms with Crippen molar-refractivity contribution in [1.29, 1.82) is 0 Å². The molecule has 0 radical (unpaired) electrons. The van der Waals surface area contributed by atoms with Gasteiger partial charge in [-0.3, -0.25) is 9.79 Å². The number of nitrogens with zero attached hydrogens (tertiary/aromatic N) is 1. The summed E-state index contributed by atoms with van der Waals surface area (Å²) in [6, 6.07) is 15.8. The van der Waals surface area contributed by atoms with Crippen molar-refractivity contribution in [1.82, 2.24) is 5.32 Å². The lowest BCUT2D eigenvalue weighted by atomic mass is 10.0. The normalized spacial score (nSPS) is 12.8. The molecule has 1 heterocycles. The average Bonchev–Trinajstić information content (AvgIpc) is 3.12. The largest absolute Gasteiger partial charge is 0.494 e. The minimum atomic E-state index is 0. The number of rotatable bonds is 7. The molecule has 1 N–H and O–H groups in total. The number of aliphatic imine (C=N–C) groups is 1. The molecule has 5 heteroatoms. The van der Waals surface area contributed by atoms with Gasteiger partial charge < -0.3 is 10.1 Å². The highest BCUT2D eigenvalue weighted by atomic mass is 35.5. The molecule has 4 nitrogen and oxygen atoms in total. The third kappa shape index (κ3) is 5.33. The molecule has 0 bridgehead atoms. The van der Waals surface area contributed by atoms with E-state index >= 15 is 0 Å². The van der Waals surface area contributed by atoms with Crippen LogP contribution in [0.15, 0.2) is 53.5 Å². The van der Waals surface area contributed by atoms with Gasteiger partial charge in [0, 0.05) is 24.9 Å². The molecule has 0 amide bonds. The lowest BCUT2D eigenvalue weighted by Gasteiger charge is -2.07. The molecule has 1 aliphatic rings.